The number of hydrogen-bond acceptors (Lipinski definition) is 4. The third kappa shape index (κ3) is 4.50. The first-order valence-electron chi connectivity index (χ1n) is 7.44. The van der Waals surface area contributed by atoms with Gasteiger partial charge in [-0.1, -0.05) is 24.3 Å². The largest absolute Gasteiger partial charge is 0.493 e. The molecule has 0 fully saturated rings. The van der Waals surface area contributed by atoms with Gasteiger partial charge < -0.3 is 14.6 Å². The summed E-state index contributed by atoms with van der Waals surface area (Å²) >= 11 is 3.30. The number of para-hydroxylation sites is 1. The minimum absolute atomic E-state index is 0.491. The van der Waals surface area contributed by atoms with Gasteiger partial charge in [0.2, 0.25) is 5.12 Å². The van der Waals surface area contributed by atoms with E-state index in [2.05, 4.69) is 18.7 Å². The average Bonchev–Trinajstić information content (AvgIpc) is 2.54. The normalized spacial score (nSPS) is 12.7. The van der Waals surface area contributed by atoms with Crippen LogP contribution in [0.25, 0.3) is 0 Å². The Labute approximate surface area is 141 Å². The zero-order valence-corrected chi connectivity index (χ0v) is 14.0. The highest BCUT2D eigenvalue weighted by Crippen LogP contribution is 2.40. The fourth-order valence-electron chi connectivity index (χ4n) is 2.16. The van der Waals surface area contributed by atoms with Crippen molar-refractivity contribution in [1.29, 1.82) is 0 Å². The van der Waals surface area contributed by atoms with Gasteiger partial charge in [-0.05, 0) is 37.6 Å². The maximum Gasteiger partial charge on any atom is 0.214 e. The standard InChI is InChI=1S/C15H14O2.C3H6O2S/c1-2-16-14-8-5-9-15-12(14)10-11-6-3-4-7-13(11)17-15;1-2(4)3(5)6/h3-9H,2,10H2,1H3;2,4H,1H3,(H,5,6). The first-order chi connectivity index (χ1) is 11.0. The van der Waals surface area contributed by atoms with Crippen LogP contribution in [-0.4, -0.2) is 22.9 Å². The fourth-order valence-corrected chi connectivity index (χ4v) is 2.16. The summed E-state index contributed by atoms with van der Waals surface area (Å²) in [6, 6.07) is 14.1. The number of carbonyl (C=O) groups excluding carboxylic acids is 1. The van der Waals surface area contributed by atoms with Gasteiger partial charge >= 0.3 is 0 Å². The van der Waals surface area contributed by atoms with Crippen molar-refractivity contribution in [2.24, 2.45) is 0 Å². The smallest absolute Gasteiger partial charge is 0.214 e. The van der Waals surface area contributed by atoms with Crippen LogP contribution in [0.1, 0.15) is 25.0 Å². The molecule has 0 amide bonds. The predicted molar refractivity (Wildman–Crippen MR) is 92.6 cm³/mol. The summed E-state index contributed by atoms with van der Waals surface area (Å²) in [7, 11) is 0. The Morgan fingerprint density at radius 1 is 1.26 bits per heavy atom. The minimum atomic E-state index is -0.923. The molecule has 5 heteroatoms. The molecule has 23 heavy (non-hydrogen) atoms. The number of carbonyl (C=O) groups is 1. The molecule has 0 aliphatic carbocycles. The van der Waals surface area contributed by atoms with E-state index in [-0.39, 0.29) is 0 Å². The molecular formula is C18H20O4S. The van der Waals surface area contributed by atoms with E-state index in [4.69, 9.17) is 14.6 Å². The molecule has 1 N–H and O–H groups in total. The molecule has 3 rings (SSSR count). The van der Waals surface area contributed by atoms with Crippen LogP contribution in [0.2, 0.25) is 0 Å². The zero-order valence-electron chi connectivity index (χ0n) is 13.2. The molecule has 0 aromatic heterocycles. The van der Waals surface area contributed by atoms with Gasteiger partial charge in [-0.3, -0.25) is 4.79 Å². The number of aliphatic hydroxyl groups excluding tert-OH is 1. The second-order valence-corrected chi connectivity index (χ2v) is 5.51. The lowest BCUT2D eigenvalue weighted by atomic mass is 9.99. The molecule has 0 saturated heterocycles. The van der Waals surface area contributed by atoms with Crippen LogP contribution in [0, 0.1) is 0 Å². The average molecular weight is 332 g/mol. The number of fused-ring (bicyclic) bond motifs is 2. The molecule has 1 aliphatic heterocycles. The van der Waals surface area contributed by atoms with Crippen molar-refractivity contribution in [2.75, 3.05) is 6.61 Å². The van der Waals surface area contributed by atoms with Crippen LogP contribution in [0.15, 0.2) is 42.5 Å². The number of hydrogen-bond donors (Lipinski definition) is 2. The number of ether oxygens (including phenoxy) is 2. The Morgan fingerprint density at radius 3 is 2.57 bits per heavy atom. The van der Waals surface area contributed by atoms with Gasteiger partial charge in [0.1, 0.15) is 23.4 Å². The molecule has 4 nitrogen and oxygen atoms in total. The van der Waals surface area contributed by atoms with Gasteiger partial charge in [0.15, 0.2) is 0 Å². The molecule has 1 atom stereocenters. The first kappa shape index (κ1) is 17.4. The van der Waals surface area contributed by atoms with Crippen molar-refractivity contribution in [1.82, 2.24) is 0 Å². The summed E-state index contributed by atoms with van der Waals surface area (Å²) in [4.78, 5) is 9.76. The fraction of sp³-hybridized carbons (Fsp3) is 0.278. The lowest BCUT2D eigenvalue weighted by molar-refractivity contribution is -0.117. The quantitative estimate of drug-likeness (QED) is 0.720. The number of benzene rings is 2. The highest BCUT2D eigenvalue weighted by atomic mass is 32.1. The molecule has 0 radical (unpaired) electrons. The minimum Gasteiger partial charge on any atom is -0.493 e. The van der Waals surface area contributed by atoms with Crippen LogP contribution >= 0.6 is 12.6 Å². The lowest BCUT2D eigenvalue weighted by Gasteiger charge is -2.22. The highest BCUT2D eigenvalue weighted by Gasteiger charge is 2.19. The topological polar surface area (TPSA) is 55.8 Å². The maximum atomic E-state index is 9.76. The molecule has 1 aliphatic rings. The van der Waals surface area contributed by atoms with Gasteiger partial charge in [0, 0.05) is 12.0 Å². The Bertz CT molecular complexity index is 682. The van der Waals surface area contributed by atoms with E-state index in [0.29, 0.717) is 6.61 Å². The third-order valence-electron chi connectivity index (χ3n) is 3.31. The van der Waals surface area contributed by atoms with E-state index in [1.165, 1.54) is 12.5 Å². The van der Waals surface area contributed by atoms with Gasteiger partial charge in [0.25, 0.3) is 0 Å². The van der Waals surface area contributed by atoms with E-state index >= 15 is 0 Å². The molecule has 122 valence electrons. The molecular weight excluding hydrogens is 312 g/mol. The SMILES string of the molecule is CC(O)C(=O)S.CCOc1cccc2c1Cc1ccccc1O2. The molecule has 0 spiro atoms. The molecule has 2 aromatic carbocycles. The van der Waals surface area contributed by atoms with Crippen molar-refractivity contribution >= 4 is 17.7 Å². The van der Waals surface area contributed by atoms with Crippen LogP contribution in [0.5, 0.6) is 17.2 Å². The van der Waals surface area contributed by atoms with Crippen molar-refractivity contribution in [3.63, 3.8) is 0 Å². The molecule has 1 heterocycles. The van der Waals surface area contributed by atoms with Crippen LogP contribution in [-0.2, 0) is 11.2 Å². The van der Waals surface area contributed by atoms with Crippen LogP contribution in [0.3, 0.4) is 0 Å². The lowest BCUT2D eigenvalue weighted by Crippen LogP contribution is -2.07. The Balaban J connectivity index is 0.000000277. The maximum absolute atomic E-state index is 9.76. The molecule has 0 bridgehead atoms. The predicted octanol–water partition coefficient (Wildman–Crippen LogP) is 3.61. The second-order valence-electron chi connectivity index (χ2n) is 5.07. The number of aliphatic hydroxyl groups is 1. The second kappa shape index (κ2) is 8.04. The third-order valence-corrected chi connectivity index (χ3v) is 3.68. The van der Waals surface area contributed by atoms with E-state index in [9.17, 15) is 4.79 Å². The molecule has 0 saturated carbocycles. The van der Waals surface area contributed by atoms with Crippen molar-refractivity contribution in [3.05, 3.63) is 53.6 Å². The Morgan fingerprint density at radius 2 is 1.91 bits per heavy atom. The molecule has 2 aromatic rings. The van der Waals surface area contributed by atoms with Crippen molar-refractivity contribution < 1.29 is 19.4 Å². The number of rotatable bonds is 3. The zero-order chi connectivity index (χ0) is 16.8. The van der Waals surface area contributed by atoms with Crippen molar-refractivity contribution in [3.8, 4) is 17.2 Å². The van der Waals surface area contributed by atoms with E-state index < -0.39 is 11.2 Å². The van der Waals surface area contributed by atoms with E-state index in [0.717, 1.165) is 29.2 Å². The highest BCUT2D eigenvalue weighted by molar-refractivity contribution is 7.96. The Kier molecular flexibility index (Phi) is 6.07. The first-order valence-corrected chi connectivity index (χ1v) is 7.89. The van der Waals surface area contributed by atoms with Crippen molar-refractivity contribution in [2.45, 2.75) is 26.4 Å². The van der Waals surface area contributed by atoms with E-state index in [1.54, 1.807) is 0 Å². The summed E-state index contributed by atoms with van der Waals surface area (Å²) in [5, 5.41) is 7.71. The van der Waals surface area contributed by atoms with Crippen LogP contribution in [0.4, 0.5) is 0 Å². The van der Waals surface area contributed by atoms with Gasteiger partial charge in [-0.15, -0.1) is 12.6 Å². The monoisotopic (exact) mass is 332 g/mol. The summed E-state index contributed by atoms with van der Waals surface area (Å²) in [5.74, 6) is 2.79. The van der Waals surface area contributed by atoms with Gasteiger partial charge in [0.05, 0.1) is 6.61 Å². The van der Waals surface area contributed by atoms with Gasteiger partial charge in [-0.2, -0.15) is 0 Å². The summed E-state index contributed by atoms with van der Waals surface area (Å²) in [6.45, 7) is 4.05. The molecule has 1 unspecified atom stereocenters. The van der Waals surface area contributed by atoms with E-state index in [1.807, 2.05) is 43.3 Å². The Hall–Kier alpha value is -1.98. The number of thiol groups is 1. The summed E-state index contributed by atoms with van der Waals surface area (Å²) < 4.78 is 11.5. The summed E-state index contributed by atoms with van der Waals surface area (Å²) in [5.41, 5.74) is 2.36. The summed E-state index contributed by atoms with van der Waals surface area (Å²) in [6.07, 6.45) is -0.0462. The van der Waals surface area contributed by atoms with Crippen LogP contribution < -0.4 is 9.47 Å². The van der Waals surface area contributed by atoms with Gasteiger partial charge in [-0.25, -0.2) is 0 Å².